The summed E-state index contributed by atoms with van der Waals surface area (Å²) in [5.41, 5.74) is 0. The molecule has 0 bridgehead atoms. The number of hydrogen-bond acceptors (Lipinski definition) is 3. The number of unbranched alkanes of at least 4 members (excludes halogenated alkanes) is 1. The Morgan fingerprint density at radius 1 is 1.38 bits per heavy atom. The number of rotatable bonds is 4. The third kappa shape index (κ3) is 3.25. The Hall–Kier alpha value is -0.120. The van der Waals surface area contributed by atoms with Crippen LogP contribution in [0.25, 0.3) is 0 Å². The van der Waals surface area contributed by atoms with Crippen LogP contribution in [0.1, 0.15) is 19.8 Å². The van der Waals surface area contributed by atoms with Gasteiger partial charge in [-0.25, -0.2) is 0 Å². The molecule has 0 aromatic heterocycles. The molecule has 0 aromatic rings. The lowest BCUT2D eigenvalue weighted by atomic mass is 10.2. The number of nitrogens with zero attached hydrogens (tertiary/aromatic N) is 2. The van der Waals surface area contributed by atoms with E-state index < -0.39 is 0 Å². The topological polar surface area (TPSA) is 26.7 Å². The number of hydrogen-bond donors (Lipinski definition) is 1. The SMILES string of the molecule is CCCCN1CCN(C)C(CO)C1. The van der Waals surface area contributed by atoms with Crippen molar-refractivity contribution in [3.8, 4) is 0 Å². The molecule has 1 heterocycles. The quantitative estimate of drug-likeness (QED) is 0.688. The van der Waals surface area contributed by atoms with E-state index in [1.54, 1.807) is 0 Å². The highest BCUT2D eigenvalue weighted by atomic mass is 16.3. The molecular formula is C10H22N2O. The molecule has 1 saturated heterocycles. The fraction of sp³-hybridized carbons (Fsp3) is 1.00. The zero-order valence-electron chi connectivity index (χ0n) is 8.87. The lowest BCUT2D eigenvalue weighted by Gasteiger charge is -2.38. The van der Waals surface area contributed by atoms with Crippen LogP contribution in [0, 0.1) is 0 Å². The monoisotopic (exact) mass is 186 g/mol. The lowest BCUT2D eigenvalue weighted by Crippen LogP contribution is -2.53. The molecule has 13 heavy (non-hydrogen) atoms. The van der Waals surface area contributed by atoms with E-state index in [1.807, 2.05) is 0 Å². The molecule has 0 aliphatic carbocycles. The van der Waals surface area contributed by atoms with Crippen LogP contribution in [0.15, 0.2) is 0 Å². The maximum Gasteiger partial charge on any atom is 0.0599 e. The van der Waals surface area contributed by atoms with Crippen molar-refractivity contribution in [3.63, 3.8) is 0 Å². The van der Waals surface area contributed by atoms with E-state index >= 15 is 0 Å². The Labute approximate surface area is 81.3 Å². The van der Waals surface area contributed by atoms with Crippen molar-refractivity contribution in [2.75, 3.05) is 39.8 Å². The van der Waals surface area contributed by atoms with Crippen molar-refractivity contribution < 1.29 is 5.11 Å². The molecule has 0 spiro atoms. The van der Waals surface area contributed by atoms with Crippen LogP contribution in [-0.4, -0.2) is 60.8 Å². The van der Waals surface area contributed by atoms with Crippen LogP contribution in [0.2, 0.25) is 0 Å². The molecule has 0 amide bonds. The number of aliphatic hydroxyl groups is 1. The fourth-order valence-corrected chi connectivity index (χ4v) is 1.79. The van der Waals surface area contributed by atoms with Crippen molar-refractivity contribution >= 4 is 0 Å². The maximum absolute atomic E-state index is 9.14. The molecule has 1 unspecified atom stereocenters. The Bertz CT molecular complexity index is 139. The number of piperazine rings is 1. The Kier molecular flexibility index (Phi) is 4.70. The van der Waals surface area contributed by atoms with Gasteiger partial charge in [0.2, 0.25) is 0 Å². The molecule has 78 valence electrons. The van der Waals surface area contributed by atoms with Gasteiger partial charge in [-0.3, -0.25) is 4.90 Å². The summed E-state index contributed by atoms with van der Waals surface area (Å²) in [4.78, 5) is 4.72. The summed E-state index contributed by atoms with van der Waals surface area (Å²) in [6.45, 7) is 6.99. The zero-order valence-corrected chi connectivity index (χ0v) is 8.87. The Morgan fingerprint density at radius 2 is 2.15 bits per heavy atom. The second-order valence-corrected chi connectivity index (χ2v) is 3.97. The minimum atomic E-state index is 0.291. The Balaban J connectivity index is 2.27. The van der Waals surface area contributed by atoms with E-state index in [0.717, 1.165) is 19.6 Å². The van der Waals surface area contributed by atoms with Gasteiger partial charge in [0.25, 0.3) is 0 Å². The van der Waals surface area contributed by atoms with Crippen molar-refractivity contribution in [2.24, 2.45) is 0 Å². The van der Waals surface area contributed by atoms with E-state index in [4.69, 9.17) is 5.11 Å². The standard InChI is InChI=1S/C10H22N2O/c1-3-4-5-12-7-6-11(2)10(8-12)9-13/h10,13H,3-9H2,1-2H3. The number of aliphatic hydroxyl groups excluding tert-OH is 1. The van der Waals surface area contributed by atoms with Gasteiger partial charge < -0.3 is 10.0 Å². The summed E-state index contributed by atoms with van der Waals surface area (Å²) >= 11 is 0. The largest absolute Gasteiger partial charge is 0.395 e. The molecule has 0 radical (unpaired) electrons. The minimum absolute atomic E-state index is 0.291. The maximum atomic E-state index is 9.14. The van der Waals surface area contributed by atoms with Gasteiger partial charge in [0.15, 0.2) is 0 Å². The van der Waals surface area contributed by atoms with E-state index in [9.17, 15) is 0 Å². The second-order valence-electron chi connectivity index (χ2n) is 3.97. The zero-order chi connectivity index (χ0) is 9.68. The van der Waals surface area contributed by atoms with E-state index in [2.05, 4.69) is 23.8 Å². The molecule has 1 fully saturated rings. The van der Waals surface area contributed by atoms with Crippen LogP contribution in [-0.2, 0) is 0 Å². The third-order valence-electron chi connectivity index (χ3n) is 2.90. The predicted octanol–water partition coefficient (Wildman–Crippen LogP) is 0.395. The molecule has 1 N–H and O–H groups in total. The van der Waals surface area contributed by atoms with Gasteiger partial charge in [-0.15, -0.1) is 0 Å². The lowest BCUT2D eigenvalue weighted by molar-refractivity contribution is 0.0571. The van der Waals surface area contributed by atoms with Gasteiger partial charge in [0.1, 0.15) is 0 Å². The molecule has 1 aliphatic rings. The predicted molar refractivity (Wildman–Crippen MR) is 54.9 cm³/mol. The summed E-state index contributed by atoms with van der Waals surface area (Å²) in [5, 5.41) is 9.14. The van der Waals surface area contributed by atoms with Gasteiger partial charge in [-0.05, 0) is 20.0 Å². The smallest absolute Gasteiger partial charge is 0.0599 e. The third-order valence-corrected chi connectivity index (χ3v) is 2.90. The number of likely N-dealkylation sites (N-methyl/N-ethyl adjacent to an activating group) is 1. The summed E-state index contributed by atoms with van der Waals surface area (Å²) in [6, 6.07) is 0.352. The molecular weight excluding hydrogens is 164 g/mol. The van der Waals surface area contributed by atoms with Gasteiger partial charge in [-0.1, -0.05) is 13.3 Å². The molecule has 3 heteroatoms. The summed E-state index contributed by atoms with van der Waals surface area (Å²) in [6.07, 6.45) is 2.54. The first-order valence-corrected chi connectivity index (χ1v) is 5.31. The van der Waals surface area contributed by atoms with Gasteiger partial charge in [0, 0.05) is 25.7 Å². The molecule has 1 rings (SSSR count). The summed E-state index contributed by atoms with van der Waals surface area (Å²) in [5.74, 6) is 0. The van der Waals surface area contributed by atoms with Gasteiger partial charge >= 0.3 is 0 Å². The summed E-state index contributed by atoms with van der Waals surface area (Å²) in [7, 11) is 2.10. The second kappa shape index (κ2) is 5.58. The highest BCUT2D eigenvalue weighted by molar-refractivity contribution is 4.79. The van der Waals surface area contributed by atoms with E-state index in [1.165, 1.54) is 19.4 Å². The first kappa shape index (κ1) is 11.0. The van der Waals surface area contributed by atoms with Crippen molar-refractivity contribution in [3.05, 3.63) is 0 Å². The van der Waals surface area contributed by atoms with E-state index in [0.29, 0.717) is 12.6 Å². The van der Waals surface area contributed by atoms with Crippen molar-refractivity contribution in [1.29, 1.82) is 0 Å². The van der Waals surface area contributed by atoms with Crippen LogP contribution in [0.5, 0.6) is 0 Å². The van der Waals surface area contributed by atoms with Crippen LogP contribution < -0.4 is 0 Å². The average molecular weight is 186 g/mol. The minimum Gasteiger partial charge on any atom is -0.395 e. The normalized spacial score (nSPS) is 26.5. The molecule has 3 nitrogen and oxygen atoms in total. The van der Waals surface area contributed by atoms with Crippen LogP contribution in [0.3, 0.4) is 0 Å². The molecule has 1 aliphatic heterocycles. The first-order valence-electron chi connectivity index (χ1n) is 5.31. The van der Waals surface area contributed by atoms with E-state index in [-0.39, 0.29) is 0 Å². The van der Waals surface area contributed by atoms with Crippen molar-refractivity contribution in [2.45, 2.75) is 25.8 Å². The van der Waals surface area contributed by atoms with Crippen molar-refractivity contribution in [1.82, 2.24) is 9.80 Å². The molecule has 1 atom stereocenters. The fourth-order valence-electron chi connectivity index (χ4n) is 1.79. The highest BCUT2D eigenvalue weighted by Gasteiger charge is 2.22. The summed E-state index contributed by atoms with van der Waals surface area (Å²) < 4.78 is 0. The van der Waals surface area contributed by atoms with Gasteiger partial charge in [-0.2, -0.15) is 0 Å². The average Bonchev–Trinajstić information content (AvgIpc) is 2.16. The molecule has 0 aromatic carbocycles. The van der Waals surface area contributed by atoms with Gasteiger partial charge in [0.05, 0.1) is 6.61 Å². The molecule has 0 saturated carbocycles. The highest BCUT2D eigenvalue weighted by Crippen LogP contribution is 2.07. The first-order chi connectivity index (χ1) is 6.27. The van der Waals surface area contributed by atoms with Crippen LogP contribution in [0.4, 0.5) is 0 Å². The Morgan fingerprint density at radius 3 is 2.77 bits per heavy atom. The van der Waals surface area contributed by atoms with Crippen LogP contribution >= 0.6 is 0 Å².